The smallest absolute Gasteiger partial charge is 0.258 e. The molecule has 2 nitrogen and oxygen atoms in total. The predicted molar refractivity (Wildman–Crippen MR) is 111 cm³/mol. The van der Waals surface area contributed by atoms with Crippen LogP contribution in [0.4, 0.5) is 10.1 Å². The van der Waals surface area contributed by atoms with E-state index in [9.17, 15) is 9.18 Å². The summed E-state index contributed by atoms with van der Waals surface area (Å²) in [6.45, 7) is 6.31. The Morgan fingerprint density at radius 3 is 2.29 bits per heavy atom. The molecule has 3 aromatic carbocycles. The monoisotopic (exact) mass is 373 g/mol. The molecule has 0 bridgehead atoms. The van der Waals surface area contributed by atoms with E-state index in [2.05, 4.69) is 26.8 Å². The maximum absolute atomic E-state index is 14.0. The van der Waals surface area contributed by atoms with Gasteiger partial charge < -0.3 is 4.90 Å². The number of rotatable bonds is 2. The number of carbonyl (C=O) groups excluding carboxylic acids is 1. The summed E-state index contributed by atoms with van der Waals surface area (Å²) in [5.74, 6) is -0.254. The summed E-state index contributed by atoms with van der Waals surface area (Å²) in [4.78, 5) is 15.3. The molecule has 3 aromatic rings. The van der Waals surface area contributed by atoms with Crippen LogP contribution in [0.3, 0.4) is 0 Å². The minimum atomic E-state index is -0.442. The highest BCUT2D eigenvalue weighted by Crippen LogP contribution is 2.50. The van der Waals surface area contributed by atoms with Crippen LogP contribution in [0.15, 0.2) is 78.9 Å². The van der Waals surface area contributed by atoms with Gasteiger partial charge in [-0.05, 0) is 61.7 Å². The first-order valence-corrected chi connectivity index (χ1v) is 9.58. The first-order chi connectivity index (χ1) is 13.3. The number of anilines is 1. The highest BCUT2D eigenvalue weighted by Gasteiger charge is 2.47. The zero-order valence-corrected chi connectivity index (χ0v) is 16.4. The molecule has 0 unspecified atom stereocenters. The molecule has 0 spiro atoms. The third-order valence-electron chi connectivity index (χ3n) is 5.82. The van der Waals surface area contributed by atoms with Gasteiger partial charge in [-0.1, -0.05) is 55.5 Å². The Morgan fingerprint density at radius 1 is 0.893 bits per heavy atom. The van der Waals surface area contributed by atoms with Crippen LogP contribution >= 0.6 is 0 Å². The maximum atomic E-state index is 14.0. The molecule has 0 saturated carbocycles. The molecule has 1 heterocycles. The number of para-hydroxylation sites is 1. The van der Waals surface area contributed by atoms with Crippen LogP contribution in [0.2, 0.25) is 0 Å². The van der Waals surface area contributed by atoms with E-state index in [-0.39, 0.29) is 11.7 Å². The lowest BCUT2D eigenvalue weighted by Crippen LogP contribution is -2.55. The summed E-state index contributed by atoms with van der Waals surface area (Å²) in [6, 6.07) is 24.2. The van der Waals surface area contributed by atoms with E-state index in [1.807, 2.05) is 59.5 Å². The average molecular weight is 373 g/mol. The molecule has 1 amide bonds. The van der Waals surface area contributed by atoms with Crippen LogP contribution in [0.5, 0.6) is 0 Å². The Bertz CT molecular complexity index is 1030. The number of amides is 1. The maximum Gasteiger partial charge on any atom is 0.258 e. The van der Waals surface area contributed by atoms with Gasteiger partial charge in [-0.15, -0.1) is 0 Å². The molecule has 28 heavy (non-hydrogen) atoms. The Hall–Kier alpha value is -2.94. The number of fused-ring (bicyclic) bond motifs is 1. The fourth-order valence-corrected chi connectivity index (χ4v) is 4.68. The van der Waals surface area contributed by atoms with Crippen molar-refractivity contribution in [3.8, 4) is 0 Å². The zero-order valence-electron chi connectivity index (χ0n) is 16.4. The van der Waals surface area contributed by atoms with Crippen molar-refractivity contribution in [3.05, 3.63) is 101 Å². The second-order valence-corrected chi connectivity index (χ2v) is 8.36. The average Bonchev–Trinajstić information content (AvgIpc) is 2.68. The van der Waals surface area contributed by atoms with Gasteiger partial charge in [0.1, 0.15) is 5.82 Å². The molecule has 0 aromatic heterocycles. The number of hydrogen-bond donors (Lipinski definition) is 0. The molecule has 0 saturated heterocycles. The second-order valence-electron chi connectivity index (χ2n) is 8.36. The van der Waals surface area contributed by atoms with Crippen LogP contribution < -0.4 is 4.90 Å². The summed E-state index contributed by atoms with van der Waals surface area (Å²) in [7, 11) is 0. The minimum Gasteiger partial charge on any atom is -0.302 e. The summed E-state index contributed by atoms with van der Waals surface area (Å²) in [6.07, 6.45) is 0.693. The van der Waals surface area contributed by atoms with E-state index < -0.39 is 11.0 Å². The van der Waals surface area contributed by atoms with Crippen molar-refractivity contribution in [2.75, 3.05) is 4.90 Å². The van der Waals surface area contributed by atoms with Crippen LogP contribution in [0.1, 0.15) is 48.7 Å². The standard InChI is InChI=1S/C25H24FNO/c1-24(2)17-25(3,19-12-9-13-20(26)16-19)21-14-7-8-15-22(21)27(24)23(28)18-10-5-4-6-11-18/h4-16H,17H2,1-3H3/t25-/m0/s1. The fraction of sp³-hybridized carbons (Fsp3) is 0.240. The molecule has 0 N–H and O–H groups in total. The lowest BCUT2D eigenvalue weighted by atomic mass is 9.65. The Labute approximate surface area is 165 Å². The molecule has 1 aliphatic heterocycles. The molecule has 0 radical (unpaired) electrons. The van der Waals surface area contributed by atoms with E-state index in [1.54, 1.807) is 12.1 Å². The van der Waals surface area contributed by atoms with Crippen LogP contribution in [0, 0.1) is 5.82 Å². The second kappa shape index (κ2) is 6.59. The number of halogens is 1. The largest absolute Gasteiger partial charge is 0.302 e. The summed E-state index contributed by atoms with van der Waals surface area (Å²) in [5, 5.41) is 0. The predicted octanol–water partition coefficient (Wildman–Crippen LogP) is 5.96. The number of hydrogen-bond acceptors (Lipinski definition) is 1. The number of nitrogens with zero attached hydrogens (tertiary/aromatic N) is 1. The SMILES string of the molecule is CC1(C)C[C@@](C)(c2cccc(F)c2)c2ccccc2N1C(=O)c1ccccc1. The van der Waals surface area contributed by atoms with E-state index in [4.69, 9.17) is 0 Å². The lowest BCUT2D eigenvalue weighted by Gasteiger charge is -2.51. The van der Waals surface area contributed by atoms with E-state index in [0.717, 1.165) is 16.8 Å². The van der Waals surface area contributed by atoms with Gasteiger partial charge in [-0.2, -0.15) is 0 Å². The Balaban J connectivity index is 1.90. The van der Waals surface area contributed by atoms with E-state index in [0.29, 0.717) is 12.0 Å². The molecular formula is C25H24FNO. The van der Waals surface area contributed by atoms with Gasteiger partial charge in [-0.3, -0.25) is 4.79 Å². The highest BCUT2D eigenvalue weighted by molar-refractivity contribution is 6.08. The van der Waals surface area contributed by atoms with Crippen molar-refractivity contribution in [2.24, 2.45) is 0 Å². The van der Waals surface area contributed by atoms with Crippen molar-refractivity contribution >= 4 is 11.6 Å². The van der Waals surface area contributed by atoms with Gasteiger partial charge >= 0.3 is 0 Å². The fourth-order valence-electron chi connectivity index (χ4n) is 4.68. The van der Waals surface area contributed by atoms with Gasteiger partial charge in [0.2, 0.25) is 0 Å². The molecule has 0 fully saturated rings. The van der Waals surface area contributed by atoms with Crippen molar-refractivity contribution in [3.63, 3.8) is 0 Å². The van der Waals surface area contributed by atoms with Crippen LogP contribution in [-0.2, 0) is 5.41 Å². The minimum absolute atomic E-state index is 0.0145. The summed E-state index contributed by atoms with van der Waals surface area (Å²) < 4.78 is 14.0. The Morgan fingerprint density at radius 2 is 1.57 bits per heavy atom. The third-order valence-corrected chi connectivity index (χ3v) is 5.82. The molecule has 0 aliphatic carbocycles. The first kappa shape index (κ1) is 18.4. The van der Waals surface area contributed by atoms with Gasteiger partial charge in [0.25, 0.3) is 5.91 Å². The highest BCUT2D eigenvalue weighted by atomic mass is 19.1. The van der Waals surface area contributed by atoms with Gasteiger partial charge in [0, 0.05) is 22.2 Å². The zero-order chi connectivity index (χ0) is 19.9. The molecule has 3 heteroatoms. The number of benzene rings is 3. The van der Waals surface area contributed by atoms with Crippen molar-refractivity contribution < 1.29 is 9.18 Å². The van der Waals surface area contributed by atoms with E-state index >= 15 is 0 Å². The first-order valence-electron chi connectivity index (χ1n) is 9.58. The van der Waals surface area contributed by atoms with Crippen LogP contribution in [0.25, 0.3) is 0 Å². The molecule has 1 atom stereocenters. The molecule has 1 aliphatic rings. The van der Waals surface area contributed by atoms with E-state index in [1.165, 1.54) is 6.07 Å². The number of carbonyl (C=O) groups is 1. The van der Waals surface area contributed by atoms with Gasteiger partial charge in [0.15, 0.2) is 0 Å². The Kier molecular flexibility index (Phi) is 4.34. The lowest BCUT2D eigenvalue weighted by molar-refractivity contribution is 0.0948. The van der Waals surface area contributed by atoms with Crippen LogP contribution in [-0.4, -0.2) is 11.4 Å². The molecule has 142 valence electrons. The topological polar surface area (TPSA) is 20.3 Å². The van der Waals surface area contributed by atoms with Crippen molar-refractivity contribution in [1.29, 1.82) is 0 Å². The molecule has 4 rings (SSSR count). The normalized spacial score (nSPS) is 20.5. The third kappa shape index (κ3) is 2.91. The van der Waals surface area contributed by atoms with Crippen molar-refractivity contribution in [2.45, 2.75) is 38.1 Å². The van der Waals surface area contributed by atoms with Gasteiger partial charge in [-0.25, -0.2) is 4.39 Å². The summed E-state index contributed by atoms with van der Waals surface area (Å²) >= 11 is 0. The van der Waals surface area contributed by atoms with Crippen molar-refractivity contribution in [1.82, 2.24) is 0 Å². The summed E-state index contributed by atoms with van der Waals surface area (Å²) in [5.41, 5.74) is 2.70. The molecular weight excluding hydrogens is 349 g/mol. The quantitative estimate of drug-likeness (QED) is 0.543. The van der Waals surface area contributed by atoms with Gasteiger partial charge in [0.05, 0.1) is 0 Å².